The van der Waals surface area contributed by atoms with Crippen molar-refractivity contribution in [3.8, 4) is 0 Å². The molecule has 1 atom stereocenters. The maximum atomic E-state index is 6.90. The minimum atomic E-state index is -1.71. The first-order chi connectivity index (χ1) is 11.2. The Morgan fingerprint density at radius 3 is 2.33 bits per heavy atom. The molecule has 0 amide bonds. The maximum Gasteiger partial charge on any atom is 0.192 e. The molecule has 0 aromatic carbocycles. The zero-order valence-corrected chi connectivity index (χ0v) is 19.6. The number of unbranched alkanes of at least 4 members (excludes halogenated alkanes) is 2. The molecule has 0 N–H and O–H groups in total. The van der Waals surface area contributed by atoms with E-state index in [0.29, 0.717) is 10.2 Å². The number of allylic oxidation sites excluding steroid dienone is 1. The molecule has 0 spiro atoms. The Kier molecular flexibility index (Phi) is 9.52. The zero-order chi connectivity index (χ0) is 18.3. The molecule has 0 aromatic rings. The van der Waals surface area contributed by atoms with Crippen molar-refractivity contribution in [3.63, 3.8) is 0 Å². The lowest BCUT2D eigenvalue weighted by Gasteiger charge is -2.43. The van der Waals surface area contributed by atoms with Crippen LogP contribution in [0.25, 0.3) is 0 Å². The van der Waals surface area contributed by atoms with Gasteiger partial charge in [0.15, 0.2) is 8.32 Å². The predicted octanol–water partition coefficient (Wildman–Crippen LogP) is 7.49. The predicted molar refractivity (Wildman–Crippen MR) is 118 cm³/mol. The minimum absolute atomic E-state index is 0.286. The van der Waals surface area contributed by atoms with E-state index in [9.17, 15) is 0 Å². The van der Waals surface area contributed by atoms with E-state index in [-0.39, 0.29) is 5.04 Å². The Labute approximate surface area is 161 Å². The van der Waals surface area contributed by atoms with Gasteiger partial charge in [0.05, 0.1) is 4.08 Å². The van der Waals surface area contributed by atoms with E-state index < -0.39 is 8.32 Å². The summed E-state index contributed by atoms with van der Waals surface area (Å²) < 4.78 is 7.21. The Bertz CT molecular complexity index is 370. The number of hydrogen-bond donors (Lipinski definition) is 0. The molecule has 0 bridgehead atoms. The van der Waals surface area contributed by atoms with E-state index in [1.807, 2.05) is 0 Å². The highest BCUT2D eigenvalue weighted by atomic mass is 32.2. The van der Waals surface area contributed by atoms with Crippen LogP contribution >= 0.6 is 23.5 Å². The minimum Gasteiger partial charge on any atom is -0.414 e. The highest BCUT2D eigenvalue weighted by molar-refractivity contribution is 8.18. The summed E-state index contributed by atoms with van der Waals surface area (Å²) in [5, 5.41) is 0.286. The first-order valence-corrected chi connectivity index (χ1v) is 14.6. The fourth-order valence-electron chi connectivity index (χ4n) is 2.92. The molecule has 0 radical (unpaired) electrons. The normalized spacial score (nSPS) is 19.9. The van der Waals surface area contributed by atoms with Crippen LogP contribution in [0.2, 0.25) is 18.1 Å². The fourth-order valence-corrected chi connectivity index (χ4v) is 7.73. The summed E-state index contributed by atoms with van der Waals surface area (Å²) in [5.74, 6) is 2.59. The first-order valence-electron chi connectivity index (χ1n) is 9.72. The zero-order valence-electron chi connectivity index (χ0n) is 17.0. The Morgan fingerprint density at radius 2 is 1.83 bits per heavy atom. The van der Waals surface area contributed by atoms with Crippen LogP contribution in [0.5, 0.6) is 0 Å². The molecular formula is C20H40OS2Si. The van der Waals surface area contributed by atoms with E-state index in [2.05, 4.69) is 77.0 Å². The van der Waals surface area contributed by atoms with Gasteiger partial charge in [0.1, 0.15) is 0 Å². The van der Waals surface area contributed by atoms with Crippen LogP contribution in [-0.4, -0.2) is 30.0 Å². The van der Waals surface area contributed by atoms with Crippen LogP contribution in [0.15, 0.2) is 12.7 Å². The van der Waals surface area contributed by atoms with Gasteiger partial charge in [-0.25, -0.2) is 0 Å². The molecule has 1 heterocycles. The van der Waals surface area contributed by atoms with Gasteiger partial charge in [0.25, 0.3) is 0 Å². The van der Waals surface area contributed by atoms with Crippen molar-refractivity contribution in [2.45, 2.75) is 101 Å². The summed E-state index contributed by atoms with van der Waals surface area (Å²) in [6.45, 7) is 18.2. The molecule has 4 heteroatoms. The molecule has 0 aliphatic carbocycles. The lowest BCUT2D eigenvalue weighted by atomic mass is 10.0. The quantitative estimate of drug-likeness (QED) is 0.218. The van der Waals surface area contributed by atoms with Crippen molar-refractivity contribution in [1.29, 1.82) is 0 Å². The molecule has 0 saturated carbocycles. The molecular weight excluding hydrogens is 348 g/mol. The molecule has 0 aromatic heterocycles. The second-order valence-electron chi connectivity index (χ2n) is 8.65. The third-order valence-electron chi connectivity index (χ3n) is 5.41. The largest absolute Gasteiger partial charge is 0.414 e. The van der Waals surface area contributed by atoms with Gasteiger partial charge in [-0.15, -0.1) is 30.1 Å². The smallest absolute Gasteiger partial charge is 0.192 e. The van der Waals surface area contributed by atoms with Crippen LogP contribution in [-0.2, 0) is 4.43 Å². The summed E-state index contributed by atoms with van der Waals surface area (Å²) in [4.78, 5) is 0. The van der Waals surface area contributed by atoms with E-state index in [1.165, 1.54) is 50.0 Å². The SMILES string of the molecule is C=CCC1(C[C@H](CCCCC)O[Si](C)(C)C(C)(C)C)SCCCS1. The van der Waals surface area contributed by atoms with Crippen molar-refractivity contribution in [3.05, 3.63) is 12.7 Å². The molecule has 1 rings (SSSR count). The van der Waals surface area contributed by atoms with E-state index >= 15 is 0 Å². The summed E-state index contributed by atoms with van der Waals surface area (Å²) >= 11 is 4.33. The molecule has 1 saturated heterocycles. The Hall–Kier alpha value is 0.617. The van der Waals surface area contributed by atoms with E-state index in [0.717, 1.165) is 6.42 Å². The van der Waals surface area contributed by atoms with Crippen LogP contribution in [0.3, 0.4) is 0 Å². The van der Waals surface area contributed by atoms with Crippen molar-refractivity contribution < 1.29 is 4.43 Å². The third kappa shape index (κ3) is 7.09. The van der Waals surface area contributed by atoms with Gasteiger partial charge in [-0.2, -0.15) is 0 Å². The molecule has 1 aliphatic heterocycles. The molecule has 24 heavy (non-hydrogen) atoms. The highest BCUT2D eigenvalue weighted by Crippen LogP contribution is 2.50. The van der Waals surface area contributed by atoms with E-state index in [4.69, 9.17) is 4.43 Å². The number of hydrogen-bond acceptors (Lipinski definition) is 3. The first kappa shape index (κ1) is 22.7. The molecule has 1 aliphatic rings. The van der Waals surface area contributed by atoms with Crippen LogP contribution in [0.4, 0.5) is 0 Å². The average molecular weight is 389 g/mol. The van der Waals surface area contributed by atoms with Gasteiger partial charge in [-0.3, -0.25) is 0 Å². The van der Waals surface area contributed by atoms with Crippen molar-refractivity contribution in [2.75, 3.05) is 11.5 Å². The fraction of sp³-hybridized carbons (Fsp3) is 0.900. The Morgan fingerprint density at radius 1 is 1.21 bits per heavy atom. The lowest BCUT2D eigenvalue weighted by molar-refractivity contribution is 0.154. The van der Waals surface area contributed by atoms with Crippen LogP contribution in [0.1, 0.15) is 72.6 Å². The molecule has 1 nitrogen and oxygen atoms in total. The van der Waals surface area contributed by atoms with Gasteiger partial charge in [-0.1, -0.05) is 53.0 Å². The summed E-state index contributed by atoms with van der Waals surface area (Å²) in [6.07, 6.45) is 11.3. The van der Waals surface area contributed by atoms with Gasteiger partial charge in [0, 0.05) is 6.10 Å². The summed E-state index contributed by atoms with van der Waals surface area (Å²) in [5.41, 5.74) is 0. The maximum absolute atomic E-state index is 6.90. The van der Waals surface area contributed by atoms with Crippen LogP contribution in [0, 0.1) is 0 Å². The average Bonchev–Trinajstić information content (AvgIpc) is 2.47. The molecule has 0 unspecified atom stereocenters. The monoisotopic (exact) mass is 388 g/mol. The highest BCUT2D eigenvalue weighted by Gasteiger charge is 2.42. The van der Waals surface area contributed by atoms with Gasteiger partial charge >= 0.3 is 0 Å². The third-order valence-corrected chi connectivity index (χ3v) is 13.4. The number of rotatable bonds is 10. The molecule has 1 fully saturated rings. The summed E-state index contributed by atoms with van der Waals surface area (Å²) in [7, 11) is -1.71. The van der Waals surface area contributed by atoms with Crippen LogP contribution < -0.4 is 0 Å². The number of thioether (sulfide) groups is 2. The van der Waals surface area contributed by atoms with Crippen molar-refractivity contribution in [1.82, 2.24) is 0 Å². The standard InChI is InChI=1S/C20H40OS2Si/c1-8-10-11-13-18(21-24(6,7)19(3,4)5)17-20(14-9-2)22-15-12-16-23-20/h9,18H,2,8,10-17H2,1,3-7H3/t18-/m0/s1. The lowest BCUT2D eigenvalue weighted by Crippen LogP contribution is -2.45. The van der Waals surface area contributed by atoms with Gasteiger partial charge in [-0.05, 0) is 55.3 Å². The Balaban J connectivity index is 2.84. The second-order valence-corrected chi connectivity index (χ2v) is 16.6. The topological polar surface area (TPSA) is 9.23 Å². The van der Waals surface area contributed by atoms with Gasteiger partial charge < -0.3 is 4.43 Å². The van der Waals surface area contributed by atoms with E-state index in [1.54, 1.807) is 0 Å². The van der Waals surface area contributed by atoms with Crippen molar-refractivity contribution >= 4 is 31.8 Å². The van der Waals surface area contributed by atoms with Crippen molar-refractivity contribution in [2.24, 2.45) is 0 Å². The van der Waals surface area contributed by atoms with Gasteiger partial charge in [0.2, 0.25) is 0 Å². The molecule has 142 valence electrons. The summed E-state index contributed by atoms with van der Waals surface area (Å²) in [6, 6.07) is 0. The second kappa shape index (κ2) is 10.1.